The minimum absolute atomic E-state index is 0.0820. The Morgan fingerprint density at radius 1 is 1.56 bits per heavy atom. The molecule has 0 saturated heterocycles. The lowest BCUT2D eigenvalue weighted by molar-refractivity contribution is -0.388. The third-order valence-corrected chi connectivity index (χ3v) is 2.48. The van der Waals surface area contributed by atoms with Crippen molar-refractivity contribution in [1.29, 1.82) is 0 Å². The third kappa shape index (κ3) is 3.66. The van der Waals surface area contributed by atoms with E-state index in [1.165, 1.54) is 0 Å². The number of hydrogen-bond donors (Lipinski definition) is 0. The second-order valence-electron chi connectivity index (χ2n) is 3.28. The Kier molecular flexibility index (Phi) is 5.02. The highest BCUT2D eigenvalue weighted by molar-refractivity contribution is 9.10. The van der Waals surface area contributed by atoms with Gasteiger partial charge in [0, 0.05) is 18.6 Å². The predicted octanol–water partition coefficient (Wildman–Crippen LogP) is 3.13. The molecule has 0 aliphatic heterocycles. The van der Waals surface area contributed by atoms with Crippen LogP contribution >= 0.6 is 15.9 Å². The lowest BCUT2D eigenvalue weighted by atomic mass is 10.3. The van der Waals surface area contributed by atoms with Gasteiger partial charge in [-0.3, -0.25) is 19.9 Å². The summed E-state index contributed by atoms with van der Waals surface area (Å²) in [4.78, 5) is 29.8. The quantitative estimate of drug-likeness (QED) is 0.473. The van der Waals surface area contributed by atoms with Crippen molar-refractivity contribution in [3.63, 3.8) is 0 Å². The van der Waals surface area contributed by atoms with Gasteiger partial charge < -0.3 is 0 Å². The molecule has 0 atom stereocenters. The van der Waals surface area contributed by atoms with Crippen molar-refractivity contribution in [2.75, 3.05) is 0 Å². The average molecular weight is 322 g/mol. The molecule has 1 rings (SSSR count). The van der Waals surface area contributed by atoms with Gasteiger partial charge >= 0.3 is 11.7 Å². The van der Waals surface area contributed by atoms with Crippen LogP contribution in [0.3, 0.4) is 0 Å². The molecule has 18 heavy (non-hydrogen) atoms. The predicted molar refractivity (Wildman–Crippen MR) is 62.4 cm³/mol. The third-order valence-electron chi connectivity index (χ3n) is 1.88. The maximum atomic E-state index is 13.2. The number of carbonyl (C=O) groups is 1. The topological polar surface area (TPSA) is 78.7 Å². The summed E-state index contributed by atoms with van der Waals surface area (Å²) in [5, 5.41) is 10.7. The summed E-state index contributed by atoms with van der Waals surface area (Å²) in [5.41, 5.74) is -0.507. The lowest BCUT2D eigenvalue weighted by Gasteiger charge is -2.05. The molecule has 0 bridgehead atoms. The van der Waals surface area contributed by atoms with E-state index in [4.69, 9.17) is 0 Å². The summed E-state index contributed by atoms with van der Waals surface area (Å²) in [6.45, 7) is 1.75. The molecular weight excluding hydrogens is 313 g/mol. The number of carbonyl (C=O) groups excluding carboxylic acids is 1. The van der Waals surface area contributed by atoms with Crippen LogP contribution in [0.2, 0.25) is 0 Å². The van der Waals surface area contributed by atoms with E-state index in [0.29, 0.717) is 6.42 Å². The van der Waals surface area contributed by atoms with E-state index in [1.54, 1.807) is 6.92 Å². The van der Waals surface area contributed by atoms with E-state index < -0.39 is 28.1 Å². The van der Waals surface area contributed by atoms with E-state index in [9.17, 15) is 19.3 Å². The van der Waals surface area contributed by atoms with Crippen molar-refractivity contribution < 1.29 is 23.9 Å². The highest BCUT2D eigenvalue weighted by Gasteiger charge is 2.21. The first-order chi connectivity index (χ1) is 8.45. The van der Waals surface area contributed by atoms with Crippen molar-refractivity contribution >= 4 is 27.6 Å². The molecular formula is C10H9BrFNO5. The van der Waals surface area contributed by atoms with Gasteiger partial charge in [0.25, 0.3) is 5.75 Å². The van der Waals surface area contributed by atoms with Crippen molar-refractivity contribution in [2.24, 2.45) is 0 Å². The van der Waals surface area contributed by atoms with Crippen molar-refractivity contribution in [2.45, 2.75) is 19.8 Å². The van der Waals surface area contributed by atoms with Crippen LogP contribution in [0.25, 0.3) is 0 Å². The number of halogens is 2. The Hall–Kier alpha value is -1.70. The number of nitro groups is 1. The summed E-state index contributed by atoms with van der Waals surface area (Å²) in [6, 6.07) is 1.69. The van der Waals surface area contributed by atoms with Crippen LogP contribution in [0.4, 0.5) is 10.1 Å². The van der Waals surface area contributed by atoms with Gasteiger partial charge in [-0.15, -0.1) is 0 Å². The molecule has 8 heteroatoms. The first-order valence-electron chi connectivity index (χ1n) is 4.96. The first kappa shape index (κ1) is 14.4. The number of rotatable bonds is 5. The molecule has 1 aromatic rings. The van der Waals surface area contributed by atoms with Crippen LogP contribution in [0.5, 0.6) is 5.75 Å². The zero-order valence-corrected chi connectivity index (χ0v) is 10.9. The normalized spacial score (nSPS) is 9.94. The van der Waals surface area contributed by atoms with Gasteiger partial charge in [-0.25, -0.2) is 9.18 Å². The molecule has 0 spiro atoms. The number of hydrogen-bond acceptors (Lipinski definition) is 5. The molecule has 98 valence electrons. The van der Waals surface area contributed by atoms with Crippen molar-refractivity contribution in [3.05, 3.63) is 32.5 Å². The molecule has 0 amide bonds. The van der Waals surface area contributed by atoms with Crippen molar-refractivity contribution in [1.82, 2.24) is 0 Å². The molecule has 0 saturated carbocycles. The Balaban J connectivity index is 2.90. The van der Waals surface area contributed by atoms with E-state index in [1.807, 2.05) is 0 Å². The maximum Gasteiger partial charge on any atom is 0.355 e. The lowest BCUT2D eigenvalue weighted by Crippen LogP contribution is -2.08. The fourth-order valence-electron chi connectivity index (χ4n) is 1.06. The van der Waals surface area contributed by atoms with Gasteiger partial charge in [0.1, 0.15) is 5.82 Å². The zero-order chi connectivity index (χ0) is 13.7. The summed E-state index contributed by atoms with van der Waals surface area (Å²) in [5.74, 6) is -1.91. The Morgan fingerprint density at radius 2 is 2.22 bits per heavy atom. The van der Waals surface area contributed by atoms with Gasteiger partial charge in [0.15, 0.2) is 0 Å². The molecule has 0 unspecified atom stereocenters. The smallest absolute Gasteiger partial charge is 0.279 e. The van der Waals surface area contributed by atoms with Crippen LogP contribution in [0, 0.1) is 15.9 Å². The van der Waals surface area contributed by atoms with Gasteiger partial charge in [-0.2, -0.15) is 0 Å². The van der Waals surface area contributed by atoms with E-state index in [0.717, 1.165) is 12.1 Å². The number of benzene rings is 1. The monoisotopic (exact) mass is 321 g/mol. The van der Waals surface area contributed by atoms with Gasteiger partial charge in [0.2, 0.25) is 0 Å². The zero-order valence-electron chi connectivity index (χ0n) is 9.31. The van der Waals surface area contributed by atoms with E-state index in [-0.39, 0.29) is 10.9 Å². The second kappa shape index (κ2) is 6.29. The van der Waals surface area contributed by atoms with E-state index >= 15 is 0 Å². The minimum atomic E-state index is -0.771. The molecule has 0 heterocycles. The fraction of sp³-hybridized carbons (Fsp3) is 0.300. The van der Waals surface area contributed by atoms with Crippen LogP contribution in [-0.2, 0) is 9.68 Å². The summed E-state index contributed by atoms with van der Waals surface area (Å²) >= 11 is 2.81. The largest absolute Gasteiger partial charge is 0.355 e. The van der Waals surface area contributed by atoms with Crippen LogP contribution in [0.1, 0.15) is 19.8 Å². The van der Waals surface area contributed by atoms with Gasteiger partial charge in [0.05, 0.1) is 9.40 Å². The van der Waals surface area contributed by atoms with Crippen molar-refractivity contribution in [3.8, 4) is 5.75 Å². The summed E-state index contributed by atoms with van der Waals surface area (Å²) in [7, 11) is 0. The number of nitrogens with zero attached hydrogens (tertiary/aromatic N) is 1. The molecule has 0 aliphatic carbocycles. The Morgan fingerprint density at radius 3 is 2.78 bits per heavy atom. The highest BCUT2D eigenvalue weighted by atomic mass is 79.9. The highest BCUT2D eigenvalue weighted by Crippen LogP contribution is 2.32. The summed E-state index contributed by atoms with van der Waals surface area (Å²) < 4.78 is 13.1. The van der Waals surface area contributed by atoms with E-state index in [2.05, 4.69) is 25.7 Å². The van der Waals surface area contributed by atoms with Gasteiger partial charge in [-0.05, 0) is 22.4 Å². The molecule has 6 nitrogen and oxygen atoms in total. The SMILES string of the molecule is CCCC(=O)OOc1cc(F)c(Br)cc1[N+](=O)[O-]. The van der Waals surface area contributed by atoms with Crippen LogP contribution in [-0.4, -0.2) is 10.9 Å². The maximum absolute atomic E-state index is 13.2. The molecule has 0 N–H and O–H groups in total. The molecule has 1 aromatic carbocycles. The Bertz CT molecular complexity index is 480. The molecule has 0 aliphatic rings. The van der Waals surface area contributed by atoms with Crippen LogP contribution < -0.4 is 4.89 Å². The van der Waals surface area contributed by atoms with Gasteiger partial charge in [-0.1, -0.05) is 6.92 Å². The Labute approximate surface area is 110 Å². The second-order valence-corrected chi connectivity index (χ2v) is 4.13. The molecule has 0 fully saturated rings. The summed E-state index contributed by atoms with van der Waals surface area (Å²) in [6.07, 6.45) is 0.645. The number of nitro benzene ring substituents is 1. The first-order valence-corrected chi connectivity index (χ1v) is 5.75. The minimum Gasteiger partial charge on any atom is -0.279 e. The standard InChI is InChI=1S/C10H9BrFNO5/c1-2-3-10(14)18-17-9-5-7(12)6(11)4-8(9)13(15)16/h4-5H,2-3H2,1H3. The molecule has 0 aromatic heterocycles. The van der Waals surface area contributed by atoms with Crippen LogP contribution in [0.15, 0.2) is 16.6 Å². The fourth-order valence-corrected chi connectivity index (χ4v) is 1.40. The molecule has 0 radical (unpaired) electrons. The average Bonchev–Trinajstić information content (AvgIpc) is 2.30.